The number of halogens is 3. The Hall–Kier alpha value is -2.49. The monoisotopic (exact) mass is 465 g/mol. The van der Waals surface area contributed by atoms with Crippen molar-refractivity contribution in [3.8, 4) is 16.3 Å². The van der Waals surface area contributed by atoms with E-state index < -0.39 is 17.3 Å². The quantitative estimate of drug-likeness (QED) is 0.467. The van der Waals surface area contributed by atoms with Gasteiger partial charge < -0.3 is 15.6 Å². The van der Waals surface area contributed by atoms with E-state index in [1.165, 1.54) is 17.7 Å². The summed E-state index contributed by atoms with van der Waals surface area (Å²) < 4.78 is 46.6. The number of hydrogen-bond donors (Lipinski definition) is 2. The first-order valence-electron chi connectivity index (χ1n) is 10.3. The Labute approximate surface area is 189 Å². The zero-order valence-electron chi connectivity index (χ0n) is 17.9. The predicted molar refractivity (Wildman–Crippen MR) is 119 cm³/mol. The van der Waals surface area contributed by atoms with Gasteiger partial charge in [-0.1, -0.05) is 48.9 Å². The molecule has 0 spiro atoms. The first-order valence-corrected chi connectivity index (χ1v) is 11.1. The molecule has 172 valence electrons. The van der Waals surface area contributed by atoms with E-state index in [0.29, 0.717) is 11.4 Å². The third kappa shape index (κ3) is 5.85. The number of nitrogens with zero attached hydrogens (tertiary/aromatic N) is 2. The molecule has 3 aromatic rings. The average Bonchev–Trinajstić information content (AvgIpc) is 3.26. The van der Waals surface area contributed by atoms with E-state index in [1.54, 1.807) is 6.92 Å². The Balaban J connectivity index is 1.76. The van der Waals surface area contributed by atoms with Gasteiger partial charge in [-0.05, 0) is 42.7 Å². The van der Waals surface area contributed by atoms with Crippen LogP contribution >= 0.6 is 11.3 Å². The molecule has 32 heavy (non-hydrogen) atoms. The molecule has 5 nitrogen and oxygen atoms in total. The number of aromatic nitrogens is 2. The molecular formula is C23H26F3N3O2S. The summed E-state index contributed by atoms with van der Waals surface area (Å²) in [7, 11) is 0. The Morgan fingerprint density at radius 2 is 1.69 bits per heavy atom. The number of rotatable bonds is 9. The molecule has 1 atom stereocenters. The molecule has 0 aliphatic rings. The van der Waals surface area contributed by atoms with Gasteiger partial charge in [0.1, 0.15) is 15.8 Å². The molecule has 9 heteroatoms. The fourth-order valence-corrected chi connectivity index (χ4v) is 3.98. The van der Waals surface area contributed by atoms with Gasteiger partial charge in [0.05, 0.1) is 24.3 Å². The molecule has 3 rings (SSSR count). The van der Waals surface area contributed by atoms with Gasteiger partial charge in [0.25, 0.3) is 0 Å². The molecule has 0 saturated heterocycles. The third-order valence-electron chi connectivity index (χ3n) is 4.98. The average molecular weight is 466 g/mol. The van der Waals surface area contributed by atoms with Gasteiger partial charge in [-0.15, -0.1) is 10.2 Å². The second kappa shape index (κ2) is 9.97. The van der Waals surface area contributed by atoms with Crippen LogP contribution in [0, 0.1) is 0 Å². The van der Waals surface area contributed by atoms with E-state index in [1.807, 2.05) is 24.3 Å². The number of benzene rings is 2. The van der Waals surface area contributed by atoms with Gasteiger partial charge in [0.2, 0.25) is 0 Å². The normalized spacial score (nSPS) is 13.7. The highest BCUT2D eigenvalue weighted by Gasteiger charge is 2.35. The van der Waals surface area contributed by atoms with Crippen molar-refractivity contribution in [3.05, 3.63) is 64.2 Å². The Bertz CT molecular complexity index is 1030. The highest BCUT2D eigenvalue weighted by molar-refractivity contribution is 7.14. The maximum Gasteiger partial charge on any atom is 0.419 e. The Morgan fingerprint density at radius 3 is 2.28 bits per heavy atom. The zero-order valence-corrected chi connectivity index (χ0v) is 18.8. The molecule has 0 bridgehead atoms. The SMILES string of the molecule is CCCc1ccc(CCOc2ccc(-c3nnc(C(C)(N)CO)s3)cc2C(F)(F)F)cc1. The summed E-state index contributed by atoms with van der Waals surface area (Å²) in [5.41, 5.74) is 6.45. The summed E-state index contributed by atoms with van der Waals surface area (Å²) >= 11 is 1.05. The number of aliphatic hydroxyl groups excluding tert-OH is 1. The van der Waals surface area contributed by atoms with Crippen LogP contribution in [0.15, 0.2) is 42.5 Å². The molecule has 0 aliphatic heterocycles. The highest BCUT2D eigenvalue weighted by atomic mass is 32.1. The van der Waals surface area contributed by atoms with Crippen molar-refractivity contribution in [1.29, 1.82) is 0 Å². The van der Waals surface area contributed by atoms with E-state index in [-0.39, 0.29) is 29.5 Å². The zero-order chi connectivity index (χ0) is 23.4. The maximum absolute atomic E-state index is 13.7. The van der Waals surface area contributed by atoms with Gasteiger partial charge in [0, 0.05) is 12.0 Å². The number of ether oxygens (including phenoxy) is 1. The van der Waals surface area contributed by atoms with Crippen LogP contribution in [0.3, 0.4) is 0 Å². The predicted octanol–water partition coefficient (Wildman–Crippen LogP) is 4.96. The molecule has 0 amide bonds. The molecular weight excluding hydrogens is 439 g/mol. The lowest BCUT2D eigenvalue weighted by Crippen LogP contribution is -2.36. The lowest BCUT2D eigenvalue weighted by Gasteiger charge is -2.17. The first-order chi connectivity index (χ1) is 15.1. The molecule has 2 aromatic carbocycles. The summed E-state index contributed by atoms with van der Waals surface area (Å²) in [5, 5.41) is 17.9. The minimum absolute atomic E-state index is 0.126. The maximum atomic E-state index is 13.7. The van der Waals surface area contributed by atoms with Crippen molar-refractivity contribution in [2.75, 3.05) is 13.2 Å². The van der Waals surface area contributed by atoms with Crippen LogP contribution in [-0.4, -0.2) is 28.5 Å². The van der Waals surface area contributed by atoms with Crippen molar-refractivity contribution in [3.63, 3.8) is 0 Å². The van der Waals surface area contributed by atoms with Crippen LogP contribution < -0.4 is 10.5 Å². The first kappa shape index (κ1) is 24.2. The number of aryl methyl sites for hydroxylation is 1. The van der Waals surface area contributed by atoms with Crippen molar-refractivity contribution in [2.45, 2.75) is 44.8 Å². The summed E-state index contributed by atoms with van der Waals surface area (Å²) in [6.07, 6.45) is -2.03. The lowest BCUT2D eigenvalue weighted by atomic mass is 10.1. The van der Waals surface area contributed by atoms with Gasteiger partial charge in [-0.3, -0.25) is 0 Å². The molecule has 0 aliphatic carbocycles. The van der Waals surface area contributed by atoms with Crippen LogP contribution in [0.4, 0.5) is 13.2 Å². The van der Waals surface area contributed by atoms with Gasteiger partial charge in [-0.25, -0.2) is 0 Å². The molecule has 3 N–H and O–H groups in total. The lowest BCUT2D eigenvalue weighted by molar-refractivity contribution is -0.138. The van der Waals surface area contributed by atoms with Crippen LogP contribution in [0.2, 0.25) is 0 Å². The standard InChI is InChI=1S/C23H26F3N3O2S/c1-3-4-15-5-7-16(8-6-15)11-12-31-19-10-9-17(13-18(19)23(24,25)26)20-28-29-21(32-20)22(2,27)14-30/h5-10,13,30H,3-4,11-12,14,27H2,1-2H3. The van der Waals surface area contributed by atoms with Crippen molar-refractivity contribution >= 4 is 11.3 Å². The van der Waals surface area contributed by atoms with Crippen molar-refractivity contribution < 1.29 is 23.0 Å². The van der Waals surface area contributed by atoms with Crippen LogP contribution in [0.1, 0.15) is 42.0 Å². The van der Waals surface area contributed by atoms with Crippen molar-refractivity contribution in [1.82, 2.24) is 10.2 Å². The summed E-state index contributed by atoms with van der Waals surface area (Å²) in [6.45, 7) is 3.45. The Morgan fingerprint density at radius 1 is 1.03 bits per heavy atom. The third-order valence-corrected chi connectivity index (χ3v) is 6.24. The van der Waals surface area contributed by atoms with E-state index in [0.717, 1.165) is 35.8 Å². The van der Waals surface area contributed by atoms with Gasteiger partial charge >= 0.3 is 6.18 Å². The smallest absolute Gasteiger partial charge is 0.419 e. The molecule has 0 radical (unpaired) electrons. The fourth-order valence-electron chi connectivity index (χ4n) is 3.09. The van der Waals surface area contributed by atoms with Crippen LogP contribution in [0.25, 0.3) is 10.6 Å². The van der Waals surface area contributed by atoms with E-state index >= 15 is 0 Å². The molecule has 1 aromatic heterocycles. The number of alkyl halides is 3. The topological polar surface area (TPSA) is 81.3 Å². The fraction of sp³-hybridized carbons (Fsp3) is 0.391. The molecule has 1 heterocycles. The number of nitrogens with two attached hydrogens (primary N) is 1. The molecule has 1 unspecified atom stereocenters. The van der Waals surface area contributed by atoms with E-state index in [9.17, 15) is 18.3 Å². The van der Waals surface area contributed by atoms with E-state index in [2.05, 4.69) is 17.1 Å². The number of aliphatic hydroxyl groups is 1. The van der Waals surface area contributed by atoms with E-state index in [4.69, 9.17) is 10.5 Å². The Kier molecular flexibility index (Phi) is 7.53. The van der Waals surface area contributed by atoms with Crippen molar-refractivity contribution in [2.24, 2.45) is 5.73 Å². The molecule has 0 fully saturated rings. The second-order valence-electron chi connectivity index (χ2n) is 7.86. The van der Waals surface area contributed by atoms with Crippen LogP contribution in [0.5, 0.6) is 5.75 Å². The second-order valence-corrected chi connectivity index (χ2v) is 8.84. The molecule has 0 saturated carbocycles. The summed E-state index contributed by atoms with van der Waals surface area (Å²) in [4.78, 5) is 0. The van der Waals surface area contributed by atoms with Gasteiger partial charge in [-0.2, -0.15) is 13.2 Å². The summed E-state index contributed by atoms with van der Waals surface area (Å²) in [6, 6.07) is 11.9. The number of hydrogen-bond acceptors (Lipinski definition) is 6. The van der Waals surface area contributed by atoms with Crippen LogP contribution in [-0.2, 0) is 24.6 Å². The summed E-state index contributed by atoms with van der Waals surface area (Å²) in [5.74, 6) is -0.229. The largest absolute Gasteiger partial charge is 0.493 e. The highest BCUT2D eigenvalue weighted by Crippen LogP contribution is 2.39. The minimum atomic E-state index is -4.59. The minimum Gasteiger partial charge on any atom is -0.493 e. The van der Waals surface area contributed by atoms with Gasteiger partial charge in [0.15, 0.2) is 0 Å².